The Bertz CT molecular complexity index is 7150. The van der Waals surface area contributed by atoms with Gasteiger partial charge in [-0.25, -0.2) is 42.9 Å². The largest absolute Gasteiger partial charge is 0.497 e. The van der Waals surface area contributed by atoms with Gasteiger partial charge >= 0.3 is 24.1 Å². The van der Waals surface area contributed by atoms with Crippen LogP contribution in [-0.4, -0.2) is 210 Å². The van der Waals surface area contributed by atoms with Crippen molar-refractivity contribution in [2.45, 2.75) is 87.1 Å². The SMILES string of the molecule is COc1ccc2c(c1)C(=O)N(C[C@@]1(c3cn4c5c(sc4n3)CN(C)CC5)NC(=O)NC1=O)C2.COc1ccc2c(c1)C(=O)N(C[C@@]1(c3cn4ccsc4n3)NC(=O)NC1=O)C2.COc1ccc2c(c1F)C(=O)N(C[C@@]1(c3cc4cc(C5(C)NC(=O)CC5=O)cnc4o3)NC(=O)NC1=O)C2.COc1ccc2c(c1F)C(=O)N(C[C@@]1(c3cc4ccc(NC(C)=O)nc4o3)NC(=O)NC1=O)C2. The Hall–Kier alpha value is -16.1. The molecule has 0 spiro atoms. The molecule has 0 aliphatic carbocycles. The quantitative estimate of drug-likeness (QED) is 0.0408. The summed E-state index contributed by atoms with van der Waals surface area (Å²) in [4.78, 5) is 217. The number of ether oxygens (including phenoxy) is 4. The molecule has 46 heteroatoms. The van der Waals surface area contributed by atoms with Crippen LogP contribution in [0, 0.1) is 11.6 Å². The molecule has 22 rings (SSSR count). The standard InChI is InChI=1S/C25H20FN5O7.C22H18FN5O6.C22H22N6O4S.C18H15N5O4S/c1-24(15(32)7-17(33)29-24)13-5-12-6-16(38-20(12)27-8-13)25(22(35)28-23(36)30-25)10-31-9-11-3-4-14(37-2)19(26)18(11)21(31)34;1-10(29)24-15-6-4-11-7-14(34-18(11)25-15)22(20(31)26-21(32)27-22)9-28-8-12-3-5-13(33-2)17(23)16(12)19(28)30;1-26-6-5-15-16(9-26)33-21-23-17(10-28(15)21)22(19(30)24-20(31)25-22)11-27-8-12-3-4-13(32-2)7-14(12)18(27)29;1-27-11-3-2-10-7-23(14(24)12(10)6-11)9-18(15(25)20-16(26)21-18)13-8-22-4-5-28-17(22)19-13/h3-6,8H,7,9-10H2,1-2H3,(H,29,33)(H2,28,30,35,36);3-7H,8-9H2,1-2H3,(H,24,25,29)(H2,26,27,31,32);3-4,7,10H,5-6,8-9,11H2,1-2H3,(H2,24,25,30,31);2-6,8H,7,9H2,1H3,(H2,20,21,25,26)/t24?,25-;2*22-;18-/m0000/s1. The molecule has 0 bridgehead atoms. The number of imide groups is 4. The number of anilines is 1. The lowest BCUT2D eigenvalue weighted by Crippen LogP contribution is -2.53. The number of halogens is 2. The third-order valence-electron chi connectivity index (χ3n) is 24.8. The van der Waals surface area contributed by atoms with E-state index in [0.29, 0.717) is 79.5 Å². The number of thiazole rings is 2. The number of hydrogen-bond donors (Lipinski definition) is 10. The molecule has 133 heavy (non-hydrogen) atoms. The maximum atomic E-state index is 14.9. The normalized spacial score (nSPS) is 22.0. The van der Waals surface area contributed by atoms with Crippen molar-refractivity contribution in [3.05, 3.63) is 216 Å². The first-order valence-electron chi connectivity index (χ1n) is 41.0. The molecular formula is C87H75F2N21O21S2. The zero-order chi connectivity index (χ0) is 93.6. The number of likely N-dealkylation sites (N-methyl/N-ethyl adjacent to an activating group) is 1. The average molecular weight is 1850 g/mol. The van der Waals surface area contributed by atoms with Crippen molar-refractivity contribution < 1.29 is 108 Å². The van der Waals surface area contributed by atoms with Gasteiger partial charge in [0.2, 0.25) is 23.2 Å². The van der Waals surface area contributed by atoms with Gasteiger partial charge in [0.05, 0.1) is 83.6 Å². The fraction of sp³-hybridized carbons (Fsp3) is 0.276. The van der Waals surface area contributed by atoms with Crippen molar-refractivity contribution in [3.8, 4) is 23.0 Å². The van der Waals surface area contributed by atoms with E-state index in [1.165, 1.54) is 90.4 Å². The van der Waals surface area contributed by atoms with Crippen LogP contribution in [0.15, 0.2) is 130 Å². The van der Waals surface area contributed by atoms with Gasteiger partial charge in [0, 0.05) is 121 Å². The van der Waals surface area contributed by atoms with E-state index in [4.69, 9.17) is 32.8 Å². The second kappa shape index (κ2) is 32.2. The topological polar surface area (TPSA) is 516 Å². The number of pyridine rings is 2. The number of methoxy groups -OCH3 is 4. The first kappa shape index (κ1) is 86.3. The minimum absolute atomic E-state index is 0.0111. The molecular weight excluding hydrogens is 1780 g/mol. The van der Waals surface area contributed by atoms with Crippen molar-refractivity contribution in [1.29, 1.82) is 0 Å². The number of Topliss-reactive ketones (excluding diaryl/α,β-unsaturated/α-hetero) is 1. The zero-order valence-electron chi connectivity index (χ0n) is 71.1. The molecule has 10 aliphatic rings. The number of urea groups is 4. The number of fused-ring (bicyclic) bond motifs is 10. The number of imidazole rings is 2. The Morgan fingerprint density at radius 2 is 1.01 bits per heavy atom. The van der Waals surface area contributed by atoms with Crippen LogP contribution in [0.25, 0.3) is 32.1 Å². The molecule has 5 atom stereocenters. The summed E-state index contributed by atoms with van der Waals surface area (Å²) < 4.78 is 65.5. The van der Waals surface area contributed by atoms with Crippen molar-refractivity contribution in [2.24, 2.45) is 0 Å². The summed E-state index contributed by atoms with van der Waals surface area (Å²) in [5, 5.41) is 27.5. The Balaban J connectivity index is 0.000000115. The molecule has 0 radical (unpaired) electrons. The van der Waals surface area contributed by atoms with Gasteiger partial charge in [0.1, 0.15) is 34.4 Å². The van der Waals surface area contributed by atoms with Crippen molar-refractivity contribution in [2.75, 3.05) is 73.5 Å². The number of ketones is 1. The van der Waals surface area contributed by atoms with E-state index in [1.54, 1.807) is 100 Å². The molecule has 10 aliphatic heterocycles. The van der Waals surface area contributed by atoms with Gasteiger partial charge in [-0.05, 0) is 103 Å². The average Bonchev–Trinajstić information content (AvgIpc) is 1.59. The minimum Gasteiger partial charge on any atom is -0.497 e. The highest BCUT2D eigenvalue weighted by molar-refractivity contribution is 7.17. The van der Waals surface area contributed by atoms with Gasteiger partial charge < -0.3 is 84.2 Å². The number of benzene rings is 4. The van der Waals surface area contributed by atoms with Crippen LogP contribution in [-0.2, 0) is 100 Å². The highest BCUT2D eigenvalue weighted by Gasteiger charge is 2.58. The number of aromatic nitrogens is 6. The third-order valence-corrected chi connectivity index (χ3v) is 26.6. The monoisotopic (exact) mass is 1850 g/mol. The van der Waals surface area contributed by atoms with E-state index in [9.17, 15) is 80.7 Å². The Kier molecular flexibility index (Phi) is 20.9. The van der Waals surface area contributed by atoms with E-state index < -0.39 is 105 Å². The van der Waals surface area contributed by atoms with E-state index >= 15 is 0 Å². The third kappa shape index (κ3) is 14.5. The van der Waals surface area contributed by atoms with Crippen LogP contribution >= 0.6 is 22.7 Å². The molecule has 680 valence electrons. The lowest BCUT2D eigenvalue weighted by atomic mass is 9.90. The molecule has 18 heterocycles. The first-order valence-corrected chi connectivity index (χ1v) is 42.7. The van der Waals surface area contributed by atoms with E-state index in [1.807, 2.05) is 34.3 Å². The van der Waals surface area contributed by atoms with Crippen molar-refractivity contribution in [3.63, 3.8) is 0 Å². The molecule has 5 saturated heterocycles. The number of carbonyl (C=O) groups excluding carboxylic acids is 15. The first-order chi connectivity index (χ1) is 63.6. The molecule has 4 aromatic carbocycles. The second-order valence-corrected chi connectivity index (χ2v) is 35.0. The zero-order valence-corrected chi connectivity index (χ0v) is 72.7. The Labute approximate surface area is 755 Å². The van der Waals surface area contributed by atoms with Crippen LogP contribution in [0.2, 0.25) is 0 Å². The molecule has 12 aromatic rings. The summed E-state index contributed by atoms with van der Waals surface area (Å²) in [5.74, 6) is -5.68. The lowest BCUT2D eigenvalue weighted by Gasteiger charge is -2.29. The summed E-state index contributed by atoms with van der Waals surface area (Å²) >= 11 is 3.01. The summed E-state index contributed by atoms with van der Waals surface area (Å²) in [6, 6.07) is 21.6. The van der Waals surface area contributed by atoms with Gasteiger partial charge in [-0.15, -0.1) is 11.3 Å². The van der Waals surface area contributed by atoms with Gasteiger partial charge in [0.15, 0.2) is 61.0 Å². The lowest BCUT2D eigenvalue weighted by molar-refractivity contribution is -0.126. The van der Waals surface area contributed by atoms with E-state index in [2.05, 4.69) is 80.1 Å². The predicted octanol–water partition coefficient (Wildman–Crippen LogP) is 4.77. The van der Waals surface area contributed by atoms with Crippen molar-refractivity contribution >= 4 is 150 Å². The van der Waals surface area contributed by atoms with Crippen LogP contribution in [0.3, 0.4) is 0 Å². The smallest absolute Gasteiger partial charge is 0.322 e. The maximum absolute atomic E-state index is 14.9. The van der Waals surface area contributed by atoms with Crippen LogP contribution in [0.4, 0.5) is 33.8 Å². The van der Waals surface area contributed by atoms with E-state index in [-0.39, 0.29) is 121 Å². The summed E-state index contributed by atoms with van der Waals surface area (Å²) in [7, 11) is 7.75. The Morgan fingerprint density at radius 1 is 0.526 bits per heavy atom. The number of hydrogen-bond acceptors (Lipinski definition) is 28. The number of nitrogens with zero attached hydrogens (tertiary/aromatic N) is 11. The molecule has 10 N–H and O–H groups in total. The van der Waals surface area contributed by atoms with Gasteiger partial charge in [-0.1, -0.05) is 35.6 Å². The number of amides is 18. The number of carbonyl (C=O) groups is 15. The van der Waals surface area contributed by atoms with Crippen LogP contribution in [0.5, 0.6) is 23.0 Å². The summed E-state index contributed by atoms with van der Waals surface area (Å²) in [5.41, 5.74) is -1.86. The highest BCUT2D eigenvalue weighted by atomic mass is 32.1. The fourth-order valence-corrected chi connectivity index (χ4v) is 19.9. The second-order valence-electron chi connectivity index (χ2n) is 33.0. The maximum Gasteiger partial charge on any atom is 0.322 e. The molecule has 8 aromatic heterocycles. The fourth-order valence-electron chi connectivity index (χ4n) is 18.0. The van der Waals surface area contributed by atoms with Gasteiger partial charge in [-0.2, -0.15) is 4.98 Å². The number of nitrogens with one attached hydrogen (secondary N) is 10. The Morgan fingerprint density at radius 3 is 1.50 bits per heavy atom. The number of furan rings is 2. The van der Waals surface area contributed by atoms with Crippen LogP contribution < -0.4 is 72.1 Å². The molecule has 42 nitrogen and oxygen atoms in total. The highest BCUT2D eigenvalue weighted by Crippen LogP contribution is 2.43. The van der Waals surface area contributed by atoms with E-state index in [0.717, 1.165) is 35.6 Å². The van der Waals surface area contributed by atoms with Crippen LogP contribution in [0.1, 0.15) is 123 Å². The van der Waals surface area contributed by atoms with Crippen molar-refractivity contribution in [1.82, 2.24) is 101 Å². The summed E-state index contributed by atoms with van der Waals surface area (Å²) in [6.45, 7) is 4.67. The molecule has 0 saturated carbocycles. The summed E-state index contributed by atoms with van der Waals surface area (Å²) in [6.07, 6.45) is 7.37. The van der Waals surface area contributed by atoms with Gasteiger partial charge in [0.25, 0.3) is 47.3 Å². The predicted molar refractivity (Wildman–Crippen MR) is 458 cm³/mol. The molecule has 18 amide bonds. The number of rotatable bonds is 18. The molecule has 5 fully saturated rings. The minimum atomic E-state index is -1.84. The molecule has 1 unspecified atom stereocenters. The van der Waals surface area contributed by atoms with Gasteiger partial charge in [-0.3, -0.25) is 82.8 Å².